The monoisotopic (exact) mass is 285 g/mol. The van der Waals surface area contributed by atoms with Gasteiger partial charge in [0.1, 0.15) is 0 Å². The van der Waals surface area contributed by atoms with E-state index in [0.29, 0.717) is 19.1 Å². The molecule has 0 saturated heterocycles. The number of rotatable bonds is 11. The summed E-state index contributed by atoms with van der Waals surface area (Å²) in [5, 5.41) is 3.13. The average Bonchev–Trinajstić information content (AvgIpc) is 2.47. The van der Waals surface area contributed by atoms with Gasteiger partial charge in [-0.3, -0.25) is 9.69 Å². The third kappa shape index (κ3) is 5.41. The molecule has 0 aromatic heterocycles. The number of nitrogens with one attached hydrogen (secondary N) is 1. The Morgan fingerprint density at radius 3 is 2.05 bits per heavy atom. The second-order valence-corrected chi connectivity index (χ2v) is 5.64. The Balaban J connectivity index is 4.79. The van der Waals surface area contributed by atoms with E-state index < -0.39 is 0 Å². The van der Waals surface area contributed by atoms with Crippen LogP contribution in [0.4, 0.5) is 0 Å². The Bertz CT molecular complexity index is 252. The molecule has 0 saturated carbocycles. The highest BCUT2D eigenvalue weighted by Crippen LogP contribution is 2.23. The molecule has 0 aliphatic carbocycles. The van der Waals surface area contributed by atoms with Crippen LogP contribution in [-0.2, 0) is 4.79 Å². The number of hydrogen-bond acceptors (Lipinski definition) is 3. The van der Waals surface area contributed by atoms with Gasteiger partial charge in [-0.15, -0.1) is 0 Å². The molecule has 0 fully saturated rings. The quantitative estimate of drug-likeness (QED) is 0.613. The first-order valence-corrected chi connectivity index (χ1v) is 8.27. The van der Waals surface area contributed by atoms with Gasteiger partial charge in [0.05, 0.1) is 6.54 Å². The zero-order valence-corrected chi connectivity index (χ0v) is 14.2. The van der Waals surface area contributed by atoms with E-state index in [9.17, 15) is 4.79 Å². The molecule has 0 spiro atoms. The minimum atomic E-state index is -0.0404. The van der Waals surface area contributed by atoms with E-state index in [-0.39, 0.29) is 11.4 Å². The van der Waals surface area contributed by atoms with Gasteiger partial charge in [-0.1, -0.05) is 34.6 Å². The average molecular weight is 285 g/mol. The van der Waals surface area contributed by atoms with Crippen LogP contribution in [0.1, 0.15) is 66.7 Å². The van der Waals surface area contributed by atoms with Crippen LogP contribution < -0.4 is 11.1 Å². The van der Waals surface area contributed by atoms with E-state index in [4.69, 9.17) is 5.73 Å². The first-order valence-electron chi connectivity index (χ1n) is 8.27. The molecule has 0 aromatic carbocycles. The maximum absolute atomic E-state index is 12.3. The third-order valence-electron chi connectivity index (χ3n) is 4.55. The normalized spacial score (nSPS) is 12.2. The second kappa shape index (κ2) is 10.2. The van der Waals surface area contributed by atoms with E-state index >= 15 is 0 Å². The van der Waals surface area contributed by atoms with E-state index in [2.05, 4.69) is 44.8 Å². The molecule has 4 heteroatoms. The van der Waals surface area contributed by atoms with Crippen molar-refractivity contribution in [1.29, 1.82) is 0 Å². The van der Waals surface area contributed by atoms with Crippen LogP contribution >= 0.6 is 0 Å². The van der Waals surface area contributed by atoms with Gasteiger partial charge in [-0.2, -0.15) is 0 Å². The molecule has 0 heterocycles. The van der Waals surface area contributed by atoms with Gasteiger partial charge in [-0.05, 0) is 38.6 Å². The van der Waals surface area contributed by atoms with E-state index in [0.717, 1.165) is 38.6 Å². The van der Waals surface area contributed by atoms with E-state index in [1.165, 1.54) is 0 Å². The fourth-order valence-electron chi connectivity index (χ4n) is 2.81. The fourth-order valence-corrected chi connectivity index (χ4v) is 2.81. The van der Waals surface area contributed by atoms with Crippen molar-refractivity contribution in [3.63, 3.8) is 0 Å². The molecule has 0 aromatic rings. The van der Waals surface area contributed by atoms with Crippen LogP contribution in [0.5, 0.6) is 0 Å². The largest absolute Gasteiger partial charge is 0.352 e. The Morgan fingerprint density at radius 2 is 1.70 bits per heavy atom. The molecule has 0 bridgehead atoms. The summed E-state index contributed by atoms with van der Waals surface area (Å²) in [6.07, 6.45) is 4.98. The van der Waals surface area contributed by atoms with Gasteiger partial charge in [0.2, 0.25) is 5.91 Å². The first-order chi connectivity index (χ1) is 9.53. The van der Waals surface area contributed by atoms with Gasteiger partial charge < -0.3 is 11.1 Å². The first kappa shape index (κ1) is 19.4. The van der Waals surface area contributed by atoms with Crippen molar-refractivity contribution >= 4 is 5.91 Å². The highest BCUT2D eigenvalue weighted by Gasteiger charge is 2.32. The molecule has 0 aliphatic rings. The zero-order valence-electron chi connectivity index (χ0n) is 14.2. The van der Waals surface area contributed by atoms with Gasteiger partial charge in [-0.25, -0.2) is 0 Å². The van der Waals surface area contributed by atoms with Crippen molar-refractivity contribution in [3.05, 3.63) is 0 Å². The predicted octanol–water partition coefficient (Wildman–Crippen LogP) is 2.52. The van der Waals surface area contributed by atoms with Crippen LogP contribution in [0.2, 0.25) is 0 Å². The smallest absolute Gasteiger partial charge is 0.234 e. The molecular weight excluding hydrogens is 250 g/mol. The van der Waals surface area contributed by atoms with Crippen molar-refractivity contribution in [2.24, 2.45) is 5.73 Å². The van der Waals surface area contributed by atoms with Gasteiger partial charge in [0, 0.05) is 18.1 Å². The molecule has 0 unspecified atom stereocenters. The van der Waals surface area contributed by atoms with Crippen LogP contribution in [0.15, 0.2) is 0 Å². The number of nitrogens with zero attached hydrogens (tertiary/aromatic N) is 1. The van der Waals surface area contributed by atoms with Crippen molar-refractivity contribution in [2.75, 3.05) is 19.6 Å². The van der Waals surface area contributed by atoms with Crippen LogP contribution in [0, 0.1) is 0 Å². The summed E-state index contributed by atoms with van der Waals surface area (Å²) in [6, 6.07) is 0.293. The molecule has 0 rings (SSSR count). The van der Waals surface area contributed by atoms with Gasteiger partial charge in [0.15, 0.2) is 0 Å². The molecule has 4 nitrogen and oxygen atoms in total. The standard InChI is InChI=1S/C16H35N3O/c1-6-11-19(16(9-4,10-5)13-17)12-15(20)18-14(7-2)8-3/h14H,6-13,17H2,1-5H3,(H,18,20). The lowest BCUT2D eigenvalue weighted by atomic mass is 9.90. The van der Waals surface area contributed by atoms with Crippen molar-refractivity contribution in [2.45, 2.75) is 78.3 Å². The Hall–Kier alpha value is -0.610. The summed E-state index contributed by atoms with van der Waals surface area (Å²) in [7, 11) is 0. The molecule has 20 heavy (non-hydrogen) atoms. The summed E-state index contributed by atoms with van der Waals surface area (Å²) in [6.45, 7) is 12.7. The zero-order chi connectivity index (χ0) is 15.6. The topological polar surface area (TPSA) is 58.4 Å². The maximum Gasteiger partial charge on any atom is 0.234 e. The lowest BCUT2D eigenvalue weighted by Crippen LogP contribution is -2.56. The molecular formula is C16H35N3O. The second-order valence-electron chi connectivity index (χ2n) is 5.64. The number of carbonyl (C=O) groups is 1. The minimum absolute atomic E-state index is 0.0404. The number of amides is 1. The number of hydrogen-bond donors (Lipinski definition) is 2. The molecule has 0 aliphatic heterocycles. The van der Waals surface area contributed by atoms with Crippen LogP contribution in [0.3, 0.4) is 0 Å². The Kier molecular flexibility index (Phi) is 9.86. The lowest BCUT2D eigenvalue weighted by molar-refractivity contribution is -0.124. The molecule has 1 amide bonds. The highest BCUT2D eigenvalue weighted by molar-refractivity contribution is 5.78. The van der Waals surface area contributed by atoms with E-state index in [1.54, 1.807) is 0 Å². The van der Waals surface area contributed by atoms with Crippen LogP contribution in [0.25, 0.3) is 0 Å². The summed E-state index contributed by atoms with van der Waals surface area (Å²) in [5.74, 6) is 0.131. The summed E-state index contributed by atoms with van der Waals surface area (Å²) >= 11 is 0. The molecule has 0 atom stereocenters. The minimum Gasteiger partial charge on any atom is -0.352 e. The molecule has 0 radical (unpaired) electrons. The fraction of sp³-hybridized carbons (Fsp3) is 0.938. The van der Waals surface area contributed by atoms with Gasteiger partial charge >= 0.3 is 0 Å². The SMILES string of the molecule is CCCN(CC(=O)NC(CC)CC)C(CC)(CC)CN. The lowest BCUT2D eigenvalue weighted by Gasteiger charge is -2.42. The maximum atomic E-state index is 12.3. The summed E-state index contributed by atoms with van der Waals surface area (Å²) < 4.78 is 0. The Morgan fingerprint density at radius 1 is 1.15 bits per heavy atom. The van der Waals surface area contributed by atoms with Crippen molar-refractivity contribution in [1.82, 2.24) is 10.2 Å². The van der Waals surface area contributed by atoms with Crippen LogP contribution in [-0.4, -0.2) is 42.0 Å². The van der Waals surface area contributed by atoms with Crippen molar-refractivity contribution < 1.29 is 4.79 Å². The number of carbonyl (C=O) groups excluding carboxylic acids is 1. The third-order valence-corrected chi connectivity index (χ3v) is 4.55. The summed E-state index contributed by atoms with van der Waals surface area (Å²) in [5.41, 5.74) is 5.98. The van der Waals surface area contributed by atoms with E-state index in [1.807, 2.05) is 0 Å². The molecule has 3 N–H and O–H groups in total. The van der Waals surface area contributed by atoms with Crippen molar-refractivity contribution in [3.8, 4) is 0 Å². The Labute approximate surface area is 125 Å². The molecule has 120 valence electrons. The summed E-state index contributed by atoms with van der Waals surface area (Å²) in [4.78, 5) is 14.5. The highest BCUT2D eigenvalue weighted by atomic mass is 16.2. The predicted molar refractivity (Wildman–Crippen MR) is 86.7 cm³/mol. The van der Waals surface area contributed by atoms with Gasteiger partial charge in [0.25, 0.3) is 0 Å². The number of nitrogens with two attached hydrogens (primary N) is 1.